The number of amides is 2. The number of anilines is 4. The maximum atomic E-state index is 13.6. The molecular formula is C20H17FN4O2. The van der Waals surface area contributed by atoms with E-state index in [-0.39, 0.29) is 17.3 Å². The summed E-state index contributed by atoms with van der Waals surface area (Å²) in [6.45, 7) is 1.45. The zero-order valence-corrected chi connectivity index (χ0v) is 14.5. The van der Waals surface area contributed by atoms with E-state index in [4.69, 9.17) is 0 Å². The molecule has 0 saturated carbocycles. The third-order valence-corrected chi connectivity index (χ3v) is 3.61. The van der Waals surface area contributed by atoms with Crippen LogP contribution in [0.4, 0.5) is 27.1 Å². The third-order valence-electron chi connectivity index (χ3n) is 3.61. The van der Waals surface area contributed by atoms with E-state index in [2.05, 4.69) is 20.9 Å². The van der Waals surface area contributed by atoms with Crippen molar-refractivity contribution in [3.8, 4) is 0 Å². The van der Waals surface area contributed by atoms with Crippen LogP contribution in [0.1, 0.15) is 17.4 Å². The number of para-hydroxylation sites is 1. The summed E-state index contributed by atoms with van der Waals surface area (Å²) in [5.74, 6) is -1.14. The van der Waals surface area contributed by atoms with Gasteiger partial charge in [0.2, 0.25) is 5.91 Å². The van der Waals surface area contributed by atoms with Crippen molar-refractivity contribution in [1.29, 1.82) is 0 Å². The average molecular weight is 364 g/mol. The monoisotopic (exact) mass is 364 g/mol. The Morgan fingerprint density at radius 2 is 1.52 bits per heavy atom. The summed E-state index contributed by atoms with van der Waals surface area (Å²) in [7, 11) is 0. The van der Waals surface area contributed by atoms with Crippen LogP contribution >= 0.6 is 0 Å². The van der Waals surface area contributed by atoms with E-state index in [9.17, 15) is 14.0 Å². The molecule has 3 N–H and O–H groups in total. The first kappa shape index (κ1) is 18.1. The van der Waals surface area contributed by atoms with Gasteiger partial charge in [0.05, 0.1) is 17.6 Å². The van der Waals surface area contributed by atoms with E-state index in [1.165, 1.54) is 25.3 Å². The molecule has 3 aromatic rings. The van der Waals surface area contributed by atoms with Crippen molar-refractivity contribution in [2.75, 3.05) is 16.0 Å². The van der Waals surface area contributed by atoms with E-state index in [0.29, 0.717) is 11.4 Å². The van der Waals surface area contributed by atoms with Gasteiger partial charge in [-0.15, -0.1) is 0 Å². The number of carbonyl (C=O) groups excluding carboxylic acids is 2. The maximum absolute atomic E-state index is 13.6. The Morgan fingerprint density at radius 1 is 0.852 bits per heavy atom. The first-order valence-corrected chi connectivity index (χ1v) is 8.18. The summed E-state index contributed by atoms with van der Waals surface area (Å²) in [5, 5.41) is 8.32. The van der Waals surface area contributed by atoms with E-state index in [0.717, 1.165) is 5.69 Å². The van der Waals surface area contributed by atoms with Crippen molar-refractivity contribution in [2.24, 2.45) is 0 Å². The quantitative estimate of drug-likeness (QED) is 0.634. The molecule has 7 heteroatoms. The molecule has 136 valence electrons. The minimum absolute atomic E-state index is 0.103. The number of carbonyl (C=O) groups is 2. The molecule has 0 aliphatic rings. The summed E-state index contributed by atoms with van der Waals surface area (Å²) in [4.78, 5) is 27.3. The smallest absolute Gasteiger partial charge is 0.274 e. The molecule has 1 heterocycles. The average Bonchev–Trinajstić information content (AvgIpc) is 2.65. The number of hydrogen-bond acceptors (Lipinski definition) is 4. The first-order valence-electron chi connectivity index (χ1n) is 8.18. The largest absolute Gasteiger partial charge is 0.354 e. The fourth-order valence-electron chi connectivity index (χ4n) is 2.36. The van der Waals surface area contributed by atoms with Gasteiger partial charge in [-0.1, -0.05) is 12.1 Å². The van der Waals surface area contributed by atoms with Crippen LogP contribution in [0.5, 0.6) is 0 Å². The number of nitrogens with one attached hydrogen (secondary N) is 3. The topological polar surface area (TPSA) is 83.1 Å². The Kier molecular flexibility index (Phi) is 5.41. The van der Waals surface area contributed by atoms with Gasteiger partial charge in [-0.3, -0.25) is 9.59 Å². The lowest BCUT2D eigenvalue weighted by atomic mass is 10.2. The van der Waals surface area contributed by atoms with Crippen LogP contribution in [0, 0.1) is 5.82 Å². The van der Waals surface area contributed by atoms with Crippen molar-refractivity contribution in [3.05, 3.63) is 78.4 Å². The van der Waals surface area contributed by atoms with Gasteiger partial charge in [-0.2, -0.15) is 0 Å². The Bertz CT molecular complexity index is 956. The lowest BCUT2D eigenvalue weighted by Gasteiger charge is -2.09. The highest BCUT2D eigenvalue weighted by Gasteiger charge is 2.10. The van der Waals surface area contributed by atoms with Gasteiger partial charge in [0.1, 0.15) is 11.5 Å². The molecular weight excluding hydrogens is 347 g/mol. The molecule has 1 aromatic heterocycles. The molecule has 0 bridgehead atoms. The SMILES string of the molecule is CC(=O)Nc1ccc(Nc2ccc(C(=O)Nc3ccccc3F)nc2)cc1. The Balaban J connectivity index is 1.64. The fourth-order valence-corrected chi connectivity index (χ4v) is 2.36. The van der Waals surface area contributed by atoms with Gasteiger partial charge < -0.3 is 16.0 Å². The Morgan fingerprint density at radius 3 is 2.15 bits per heavy atom. The number of hydrogen-bond donors (Lipinski definition) is 3. The molecule has 0 spiro atoms. The third kappa shape index (κ3) is 4.88. The molecule has 0 aliphatic carbocycles. The number of benzene rings is 2. The van der Waals surface area contributed by atoms with Gasteiger partial charge in [0.25, 0.3) is 5.91 Å². The van der Waals surface area contributed by atoms with Gasteiger partial charge in [-0.05, 0) is 48.5 Å². The predicted molar refractivity (Wildman–Crippen MR) is 103 cm³/mol. The van der Waals surface area contributed by atoms with Crippen LogP contribution in [-0.2, 0) is 4.79 Å². The highest BCUT2D eigenvalue weighted by molar-refractivity contribution is 6.03. The Hall–Kier alpha value is -3.74. The molecule has 0 saturated heterocycles. The number of pyridine rings is 1. The standard InChI is InChI=1S/C20H17FN4O2/c1-13(26)23-14-6-8-15(9-7-14)24-16-10-11-19(22-12-16)20(27)25-18-5-3-2-4-17(18)21/h2-12,24H,1H3,(H,23,26)(H,25,27). The minimum atomic E-state index is -0.508. The van der Waals surface area contributed by atoms with Crippen molar-refractivity contribution in [2.45, 2.75) is 6.92 Å². The molecule has 2 amide bonds. The van der Waals surface area contributed by atoms with Crippen molar-refractivity contribution < 1.29 is 14.0 Å². The second-order valence-electron chi connectivity index (χ2n) is 5.75. The van der Waals surface area contributed by atoms with E-state index < -0.39 is 11.7 Å². The molecule has 0 aliphatic heterocycles. The summed E-state index contributed by atoms with van der Waals surface area (Å²) in [6.07, 6.45) is 1.51. The maximum Gasteiger partial charge on any atom is 0.274 e. The minimum Gasteiger partial charge on any atom is -0.354 e. The van der Waals surface area contributed by atoms with Crippen LogP contribution < -0.4 is 16.0 Å². The molecule has 0 atom stereocenters. The zero-order chi connectivity index (χ0) is 19.2. The van der Waals surface area contributed by atoms with Gasteiger partial charge >= 0.3 is 0 Å². The second kappa shape index (κ2) is 8.09. The van der Waals surface area contributed by atoms with Crippen molar-refractivity contribution in [3.63, 3.8) is 0 Å². The van der Waals surface area contributed by atoms with Crippen molar-refractivity contribution in [1.82, 2.24) is 4.98 Å². The first-order chi connectivity index (χ1) is 13.0. The molecule has 6 nitrogen and oxygen atoms in total. The van der Waals surface area contributed by atoms with Crippen LogP contribution in [-0.4, -0.2) is 16.8 Å². The van der Waals surface area contributed by atoms with Gasteiger partial charge in [-0.25, -0.2) is 9.37 Å². The predicted octanol–water partition coefficient (Wildman–Crippen LogP) is 4.18. The zero-order valence-electron chi connectivity index (χ0n) is 14.5. The fraction of sp³-hybridized carbons (Fsp3) is 0.0500. The van der Waals surface area contributed by atoms with E-state index in [1.54, 1.807) is 36.4 Å². The molecule has 0 unspecified atom stereocenters. The summed E-state index contributed by atoms with van der Waals surface area (Å²) >= 11 is 0. The van der Waals surface area contributed by atoms with E-state index >= 15 is 0 Å². The van der Waals surface area contributed by atoms with Crippen LogP contribution in [0.3, 0.4) is 0 Å². The number of rotatable bonds is 5. The van der Waals surface area contributed by atoms with Crippen LogP contribution in [0.2, 0.25) is 0 Å². The van der Waals surface area contributed by atoms with Gasteiger partial charge in [0.15, 0.2) is 0 Å². The normalized spacial score (nSPS) is 10.1. The highest BCUT2D eigenvalue weighted by atomic mass is 19.1. The second-order valence-corrected chi connectivity index (χ2v) is 5.75. The lowest BCUT2D eigenvalue weighted by molar-refractivity contribution is -0.114. The highest BCUT2D eigenvalue weighted by Crippen LogP contribution is 2.19. The lowest BCUT2D eigenvalue weighted by Crippen LogP contribution is -2.14. The number of halogens is 1. The van der Waals surface area contributed by atoms with Gasteiger partial charge in [0, 0.05) is 18.3 Å². The number of nitrogens with zero attached hydrogens (tertiary/aromatic N) is 1. The molecule has 3 rings (SSSR count). The summed E-state index contributed by atoms with van der Waals surface area (Å²) < 4.78 is 13.6. The van der Waals surface area contributed by atoms with Crippen LogP contribution in [0.15, 0.2) is 66.9 Å². The van der Waals surface area contributed by atoms with Crippen molar-refractivity contribution >= 4 is 34.6 Å². The summed E-state index contributed by atoms with van der Waals surface area (Å²) in [6, 6.07) is 16.3. The Labute approximate surface area is 155 Å². The molecule has 2 aromatic carbocycles. The molecule has 0 radical (unpaired) electrons. The molecule has 27 heavy (non-hydrogen) atoms. The molecule has 0 fully saturated rings. The van der Waals surface area contributed by atoms with Crippen LogP contribution in [0.25, 0.3) is 0 Å². The number of aromatic nitrogens is 1. The summed E-state index contributed by atoms with van der Waals surface area (Å²) in [5.41, 5.74) is 2.46. The van der Waals surface area contributed by atoms with E-state index in [1.807, 2.05) is 12.1 Å².